The number of methoxy groups -OCH3 is 2. The van der Waals surface area contributed by atoms with Crippen molar-refractivity contribution in [3.63, 3.8) is 0 Å². The fourth-order valence-corrected chi connectivity index (χ4v) is 4.07. The summed E-state index contributed by atoms with van der Waals surface area (Å²) in [7, 11) is -0.809. The maximum Gasteiger partial charge on any atom is 0.246 e. The molecule has 23 heavy (non-hydrogen) atoms. The van der Waals surface area contributed by atoms with Crippen molar-refractivity contribution in [3.05, 3.63) is 18.2 Å². The molecule has 0 bridgehead atoms. The second-order valence-corrected chi connectivity index (χ2v) is 7.07. The van der Waals surface area contributed by atoms with Crippen molar-refractivity contribution in [1.29, 1.82) is 0 Å². The Morgan fingerprint density at radius 1 is 1.17 bits per heavy atom. The summed E-state index contributed by atoms with van der Waals surface area (Å²) >= 11 is 0. The van der Waals surface area contributed by atoms with Gasteiger partial charge in [0, 0.05) is 32.2 Å². The maximum atomic E-state index is 12.8. The van der Waals surface area contributed by atoms with Crippen LogP contribution in [-0.4, -0.2) is 70.5 Å². The summed E-state index contributed by atoms with van der Waals surface area (Å²) in [4.78, 5) is 12.8. The zero-order valence-corrected chi connectivity index (χ0v) is 14.0. The van der Waals surface area contributed by atoms with E-state index in [0.29, 0.717) is 18.8 Å². The Kier molecular flexibility index (Phi) is 5.45. The monoisotopic (exact) mass is 343 g/mol. The number of sulfonamides is 1. The Balaban J connectivity index is 2.21. The summed E-state index contributed by atoms with van der Waals surface area (Å²) < 4.78 is 37.3. The average molecular weight is 343 g/mol. The minimum absolute atomic E-state index is 0.0719. The number of rotatable bonds is 6. The third-order valence-corrected chi connectivity index (χ3v) is 5.62. The van der Waals surface area contributed by atoms with Crippen LogP contribution >= 0.6 is 0 Å². The van der Waals surface area contributed by atoms with Crippen molar-refractivity contribution in [3.8, 4) is 11.5 Å². The molecule has 0 atom stereocenters. The van der Waals surface area contributed by atoms with Crippen molar-refractivity contribution in [2.24, 2.45) is 5.73 Å². The molecule has 0 radical (unpaired) electrons. The van der Waals surface area contributed by atoms with Crippen molar-refractivity contribution < 1.29 is 22.7 Å². The normalized spacial score (nSPS) is 17.0. The Morgan fingerprint density at radius 3 is 2.35 bits per heavy atom. The van der Waals surface area contributed by atoms with Gasteiger partial charge in [-0.2, -0.15) is 4.31 Å². The Hall–Kier alpha value is -1.84. The lowest BCUT2D eigenvalue weighted by molar-refractivity contribution is -0.119. The molecule has 1 fully saturated rings. The Morgan fingerprint density at radius 2 is 1.83 bits per heavy atom. The number of nitrogens with zero attached hydrogens (tertiary/aromatic N) is 2. The number of carbonyl (C=O) groups is 1. The lowest BCUT2D eigenvalue weighted by Crippen LogP contribution is -2.50. The first-order valence-electron chi connectivity index (χ1n) is 7.11. The molecule has 8 nitrogen and oxygen atoms in total. The largest absolute Gasteiger partial charge is 0.497 e. The van der Waals surface area contributed by atoms with Gasteiger partial charge in [0.15, 0.2) is 0 Å². The van der Waals surface area contributed by atoms with Gasteiger partial charge >= 0.3 is 0 Å². The van der Waals surface area contributed by atoms with E-state index >= 15 is 0 Å². The van der Waals surface area contributed by atoms with Gasteiger partial charge in [-0.1, -0.05) is 0 Å². The van der Waals surface area contributed by atoms with Gasteiger partial charge in [0.2, 0.25) is 15.9 Å². The van der Waals surface area contributed by atoms with Gasteiger partial charge < -0.3 is 15.2 Å². The highest BCUT2D eigenvalue weighted by Crippen LogP contribution is 2.30. The molecule has 9 heteroatoms. The van der Waals surface area contributed by atoms with Crippen LogP contribution in [0.1, 0.15) is 0 Å². The first-order chi connectivity index (χ1) is 10.9. The SMILES string of the molecule is COc1ccc(OC)c(S(=O)(=O)N2CCN(CC(N)=O)CC2)c1. The lowest BCUT2D eigenvalue weighted by Gasteiger charge is -2.33. The van der Waals surface area contributed by atoms with E-state index in [1.54, 1.807) is 12.1 Å². The van der Waals surface area contributed by atoms with Gasteiger partial charge in [0.25, 0.3) is 0 Å². The molecule has 0 aromatic heterocycles. The van der Waals surface area contributed by atoms with E-state index in [4.69, 9.17) is 15.2 Å². The van der Waals surface area contributed by atoms with E-state index in [9.17, 15) is 13.2 Å². The predicted molar refractivity (Wildman–Crippen MR) is 83.9 cm³/mol. The summed E-state index contributed by atoms with van der Waals surface area (Å²) in [5, 5.41) is 0. The number of ether oxygens (including phenoxy) is 2. The third-order valence-electron chi connectivity index (χ3n) is 3.70. The van der Waals surface area contributed by atoms with Crippen molar-refractivity contribution >= 4 is 15.9 Å². The molecule has 2 rings (SSSR count). The van der Waals surface area contributed by atoms with Crippen LogP contribution in [0.4, 0.5) is 0 Å². The molecule has 128 valence electrons. The molecule has 1 aromatic carbocycles. The van der Waals surface area contributed by atoms with E-state index in [2.05, 4.69) is 0 Å². The van der Waals surface area contributed by atoms with Crippen LogP contribution in [-0.2, 0) is 14.8 Å². The van der Waals surface area contributed by atoms with Crippen LogP contribution in [0.3, 0.4) is 0 Å². The van der Waals surface area contributed by atoms with Crippen molar-refractivity contribution in [1.82, 2.24) is 9.21 Å². The van der Waals surface area contributed by atoms with Crippen LogP contribution in [0.2, 0.25) is 0 Å². The summed E-state index contributed by atoms with van der Waals surface area (Å²) in [6, 6.07) is 4.65. The number of carbonyl (C=O) groups excluding carboxylic acids is 1. The molecule has 1 aliphatic heterocycles. The Bertz CT molecular complexity index is 669. The number of hydrogen-bond acceptors (Lipinski definition) is 6. The van der Waals surface area contributed by atoms with Gasteiger partial charge in [-0.15, -0.1) is 0 Å². The molecule has 0 unspecified atom stereocenters. The molecule has 0 spiro atoms. The predicted octanol–water partition coefficient (Wildman–Crippen LogP) is -0.505. The summed E-state index contributed by atoms with van der Waals surface area (Å²) in [6.07, 6.45) is 0. The topological polar surface area (TPSA) is 102 Å². The molecule has 1 amide bonds. The smallest absolute Gasteiger partial charge is 0.246 e. The zero-order valence-electron chi connectivity index (χ0n) is 13.2. The van der Waals surface area contributed by atoms with Crippen molar-refractivity contribution in [2.45, 2.75) is 4.90 Å². The van der Waals surface area contributed by atoms with Gasteiger partial charge in [-0.3, -0.25) is 9.69 Å². The van der Waals surface area contributed by atoms with Crippen LogP contribution in [0.25, 0.3) is 0 Å². The highest BCUT2D eigenvalue weighted by atomic mass is 32.2. The van der Waals surface area contributed by atoms with Crippen LogP contribution in [0, 0.1) is 0 Å². The summed E-state index contributed by atoms with van der Waals surface area (Å²) in [5.74, 6) is 0.290. The quantitative estimate of drug-likeness (QED) is 0.747. The number of hydrogen-bond donors (Lipinski definition) is 1. The molecule has 0 saturated carbocycles. The van der Waals surface area contributed by atoms with E-state index in [1.165, 1.54) is 24.6 Å². The molecule has 1 heterocycles. The standard InChI is InChI=1S/C14H21N3O5S/c1-21-11-3-4-12(22-2)13(9-11)23(19,20)17-7-5-16(6-8-17)10-14(15)18/h3-4,9H,5-8,10H2,1-2H3,(H2,15,18). The van der Waals surface area contributed by atoms with E-state index in [-0.39, 0.29) is 30.3 Å². The maximum absolute atomic E-state index is 12.8. The molecule has 1 aromatic rings. The lowest BCUT2D eigenvalue weighted by atomic mass is 10.3. The number of nitrogens with two attached hydrogens (primary N) is 1. The average Bonchev–Trinajstić information content (AvgIpc) is 2.54. The minimum atomic E-state index is -3.70. The third kappa shape index (κ3) is 3.92. The first kappa shape index (κ1) is 17.5. The van der Waals surface area contributed by atoms with E-state index in [1.807, 2.05) is 4.90 Å². The molecule has 0 aliphatic carbocycles. The minimum Gasteiger partial charge on any atom is -0.497 e. The van der Waals surface area contributed by atoms with Gasteiger partial charge in [0.1, 0.15) is 16.4 Å². The highest BCUT2D eigenvalue weighted by Gasteiger charge is 2.31. The van der Waals surface area contributed by atoms with Gasteiger partial charge in [-0.25, -0.2) is 8.42 Å². The molecule has 2 N–H and O–H groups in total. The van der Waals surface area contributed by atoms with Gasteiger partial charge in [0.05, 0.1) is 20.8 Å². The number of amides is 1. The molecule has 1 aliphatic rings. The van der Waals surface area contributed by atoms with Gasteiger partial charge in [-0.05, 0) is 12.1 Å². The molecule has 1 saturated heterocycles. The van der Waals surface area contributed by atoms with E-state index < -0.39 is 15.9 Å². The zero-order chi connectivity index (χ0) is 17.0. The molecular formula is C14H21N3O5S. The van der Waals surface area contributed by atoms with Crippen LogP contribution in [0.15, 0.2) is 23.1 Å². The second-order valence-electron chi connectivity index (χ2n) is 5.16. The molecular weight excluding hydrogens is 322 g/mol. The second kappa shape index (κ2) is 7.16. The van der Waals surface area contributed by atoms with Crippen LogP contribution in [0.5, 0.6) is 11.5 Å². The fourth-order valence-electron chi connectivity index (χ4n) is 2.47. The number of primary amides is 1. The summed E-state index contributed by atoms with van der Waals surface area (Å²) in [6.45, 7) is 1.62. The van der Waals surface area contributed by atoms with E-state index in [0.717, 1.165) is 0 Å². The number of benzene rings is 1. The Labute approximate surface area is 135 Å². The first-order valence-corrected chi connectivity index (χ1v) is 8.55. The van der Waals surface area contributed by atoms with Crippen molar-refractivity contribution in [2.75, 3.05) is 46.9 Å². The highest BCUT2D eigenvalue weighted by molar-refractivity contribution is 7.89. The summed E-state index contributed by atoms with van der Waals surface area (Å²) in [5.41, 5.74) is 5.16. The van der Waals surface area contributed by atoms with Crippen LogP contribution < -0.4 is 15.2 Å². The fraction of sp³-hybridized carbons (Fsp3) is 0.500. The number of piperazine rings is 1.